The molecule has 4 nitrogen and oxygen atoms in total. The van der Waals surface area contributed by atoms with Crippen LogP contribution in [0.1, 0.15) is 69.4 Å². The Hall–Kier alpha value is -2.33. The molecule has 0 bridgehead atoms. The predicted molar refractivity (Wildman–Crippen MR) is 131 cm³/mol. The quantitative estimate of drug-likeness (QED) is 0.129. The number of likely N-dealkylation sites (N-methyl/N-ethyl adjacent to an activating group) is 1. The maximum absolute atomic E-state index is 12.3. The highest BCUT2D eigenvalue weighted by molar-refractivity contribution is 5.70. The molecular weight excluding hydrogens is 398 g/mol. The molecule has 2 aromatic carbocycles. The van der Waals surface area contributed by atoms with Crippen LogP contribution in [0.15, 0.2) is 54.6 Å². The molecule has 0 amide bonds. The number of rotatable bonds is 16. The highest BCUT2D eigenvalue weighted by atomic mass is 16.7. The van der Waals surface area contributed by atoms with Gasteiger partial charge in [0.2, 0.25) is 6.79 Å². The molecular formula is C28H42NO3+. The lowest BCUT2D eigenvalue weighted by Crippen LogP contribution is -2.43. The molecule has 0 fully saturated rings. The van der Waals surface area contributed by atoms with Crippen molar-refractivity contribution in [1.82, 2.24) is 0 Å². The molecule has 2 aromatic rings. The number of aryl methyl sites for hydroxylation is 1. The van der Waals surface area contributed by atoms with Crippen molar-refractivity contribution in [1.29, 1.82) is 0 Å². The monoisotopic (exact) mass is 440 g/mol. The number of ether oxygens (including phenoxy) is 2. The third kappa shape index (κ3) is 10.8. The standard InChI is InChI=1S/C28H42NO3/c1-4-5-6-7-8-9-10-14-19-26-20-15-16-21-27(26)31-24-32-28(30)23-29(2,3)22-25-17-12-11-13-18-25/h11-13,15-18,20-21H,4-10,14,19,22-24H2,1-3H3/q+1. The van der Waals surface area contributed by atoms with E-state index in [1.807, 2.05) is 50.5 Å². The van der Waals surface area contributed by atoms with E-state index in [2.05, 4.69) is 25.1 Å². The van der Waals surface area contributed by atoms with Crippen LogP contribution in [0.25, 0.3) is 0 Å². The summed E-state index contributed by atoms with van der Waals surface area (Å²) in [4.78, 5) is 12.3. The molecule has 0 aliphatic carbocycles. The second kappa shape index (κ2) is 14.7. The summed E-state index contributed by atoms with van der Waals surface area (Å²) in [5.74, 6) is 0.577. The Morgan fingerprint density at radius 1 is 0.812 bits per heavy atom. The largest absolute Gasteiger partial charge is 0.457 e. The zero-order chi connectivity index (χ0) is 23.1. The van der Waals surface area contributed by atoms with Crippen molar-refractivity contribution < 1.29 is 18.8 Å². The molecule has 0 aliphatic rings. The molecule has 176 valence electrons. The number of benzene rings is 2. The SMILES string of the molecule is CCCCCCCCCCc1ccccc1OCOC(=O)C[N+](C)(C)Cc1ccccc1. The summed E-state index contributed by atoms with van der Waals surface area (Å²) in [6, 6.07) is 18.3. The Labute approximate surface area is 195 Å². The molecule has 0 aliphatic heterocycles. The second-order valence-corrected chi connectivity index (χ2v) is 9.35. The molecule has 0 spiro atoms. The van der Waals surface area contributed by atoms with E-state index in [4.69, 9.17) is 9.47 Å². The Kier molecular flexibility index (Phi) is 11.9. The molecule has 0 atom stereocenters. The minimum absolute atomic E-state index is 0.0430. The smallest absolute Gasteiger partial charge is 0.364 e. The van der Waals surface area contributed by atoms with Gasteiger partial charge in [-0.2, -0.15) is 0 Å². The van der Waals surface area contributed by atoms with Gasteiger partial charge in [0.1, 0.15) is 12.3 Å². The van der Waals surface area contributed by atoms with Gasteiger partial charge < -0.3 is 14.0 Å². The maximum Gasteiger partial charge on any atom is 0.364 e. The lowest BCUT2D eigenvalue weighted by Gasteiger charge is -2.28. The minimum atomic E-state index is -0.244. The van der Waals surface area contributed by atoms with Crippen LogP contribution >= 0.6 is 0 Å². The van der Waals surface area contributed by atoms with Crippen molar-refractivity contribution in [3.8, 4) is 5.75 Å². The molecule has 0 saturated carbocycles. The lowest BCUT2D eigenvalue weighted by atomic mass is 10.0. The van der Waals surface area contributed by atoms with Crippen LogP contribution in [0.4, 0.5) is 0 Å². The first kappa shape index (κ1) is 25.9. The number of carbonyl (C=O) groups is 1. The van der Waals surface area contributed by atoms with Crippen molar-refractivity contribution >= 4 is 5.97 Å². The van der Waals surface area contributed by atoms with Crippen molar-refractivity contribution in [2.24, 2.45) is 0 Å². The van der Waals surface area contributed by atoms with Gasteiger partial charge in [-0.1, -0.05) is 100 Å². The number of para-hydroxylation sites is 1. The first-order valence-corrected chi connectivity index (χ1v) is 12.2. The maximum atomic E-state index is 12.3. The van der Waals surface area contributed by atoms with E-state index < -0.39 is 0 Å². The van der Waals surface area contributed by atoms with E-state index in [-0.39, 0.29) is 12.8 Å². The molecule has 0 saturated heterocycles. The zero-order valence-corrected chi connectivity index (χ0v) is 20.4. The van der Waals surface area contributed by atoms with E-state index in [1.165, 1.54) is 62.5 Å². The summed E-state index contributed by atoms with van der Waals surface area (Å²) in [6.07, 6.45) is 11.5. The Morgan fingerprint density at radius 3 is 2.16 bits per heavy atom. The topological polar surface area (TPSA) is 35.5 Å². The van der Waals surface area contributed by atoms with Gasteiger partial charge in [0, 0.05) is 5.56 Å². The number of nitrogens with zero attached hydrogens (tertiary/aromatic N) is 1. The highest BCUT2D eigenvalue weighted by Gasteiger charge is 2.22. The number of hydrogen-bond donors (Lipinski definition) is 0. The van der Waals surface area contributed by atoms with Gasteiger partial charge >= 0.3 is 5.97 Å². The van der Waals surface area contributed by atoms with Crippen LogP contribution < -0.4 is 4.74 Å². The van der Waals surface area contributed by atoms with E-state index >= 15 is 0 Å². The van der Waals surface area contributed by atoms with Crippen LogP contribution in [-0.2, 0) is 22.5 Å². The second-order valence-electron chi connectivity index (χ2n) is 9.35. The van der Waals surface area contributed by atoms with Gasteiger partial charge in [0.25, 0.3) is 0 Å². The van der Waals surface area contributed by atoms with Gasteiger partial charge in [-0.05, 0) is 24.5 Å². The molecule has 2 rings (SSSR count). The molecule has 0 heterocycles. The third-order valence-corrected chi connectivity index (χ3v) is 5.72. The van der Waals surface area contributed by atoms with Gasteiger partial charge in [0.15, 0.2) is 6.54 Å². The fraction of sp³-hybridized carbons (Fsp3) is 0.536. The van der Waals surface area contributed by atoms with Crippen LogP contribution in [0.2, 0.25) is 0 Å². The Balaban J connectivity index is 1.68. The molecule has 0 aromatic heterocycles. The fourth-order valence-electron chi connectivity index (χ4n) is 3.99. The number of esters is 1. The Morgan fingerprint density at radius 2 is 1.44 bits per heavy atom. The summed E-state index contributed by atoms with van der Waals surface area (Å²) < 4.78 is 11.7. The predicted octanol–water partition coefficient (Wildman–Crippen LogP) is 6.53. The minimum Gasteiger partial charge on any atom is -0.457 e. The average molecular weight is 441 g/mol. The molecule has 0 radical (unpaired) electrons. The van der Waals surface area contributed by atoms with Crippen molar-refractivity contribution in [3.63, 3.8) is 0 Å². The molecule has 4 heteroatoms. The zero-order valence-electron chi connectivity index (χ0n) is 20.4. The van der Waals surface area contributed by atoms with Crippen LogP contribution in [-0.4, -0.2) is 37.9 Å². The normalized spacial score (nSPS) is 11.3. The molecule has 0 unspecified atom stereocenters. The summed E-state index contributed by atoms with van der Waals surface area (Å²) in [5.41, 5.74) is 2.39. The van der Waals surface area contributed by atoms with Crippen LogP contribution in [0.3, 0.4) is 0 Å². The third-order valence-electron chi connectivity index (χ3n) is 5.72. The first-order chi connectivity index (χ1) is 15.5. The van der Waals surface area contributed by atoms with Crippen LogP contribution in [0.5, 0.6) is 5.75 Å². The summed E-state index contributed by atoms with van der Waals surface area (Å²) >= 11 is 0. The summed E-state index contributed by atoms with van der Waals surface area (Å²) in [7, 11) is 4.07. The van der Waals surface area contributed by atoms with E-state index in [0.717, 1.165) is 18.7 Å². The highest BCUT2D eigenvalue weighted by Crippen LogP contribution is 2.21. The average Bonchev–Trinajstić information content (AvgIpc) is 2.76. The van der Waals surface area contributed by atoms with Crippen molar-refractivity contribution in [2.75, 3.05) is 27.4 Å². The van der Waals surface area contributed by atoms with Crippen molar-refractivity contribution in [2.45, 2.75) is 71.3 Å². The van der Waals surface area contributed by atoms with Gasteiger partial charge in [-0.15, -0.1) is 0 Å². The molecule has 32 heavy (non-hydrogen) atoms. The van der Waals surface area contributed by atoms with Gasteiger partial charge in [-0.3, -0.25) is 0 Å². The summed E-state index contributed by atoms with van der Waals surface area (Å²) in [6.45, 7) is 3.29. The lowest BCUT2D eigenvalue weighted by molar-refractivity contribution is -0.896. The molecule has 0 N–H and O–H groups in total. The fourth-order valence-corrected chi connectivity index (χ4v) is 3.99. The van der Waals surface area contributed by atoms with Gasteiger partial charge in [-0.25, -0.2) is 4.79 Å². The number of carbonyl (C=O) groups excluding carboxylic acids is 1. The van der Waals surface area contributed by atoms with Crippen molar-refractivity contribution in [3.05, 3.63) is 65.7 Å². The van der Waals surface area contributed by atoms with E-state index in [1.54, 1.807) is 0 Å². The van der Waals surface area contributed by atoms with Gasteiger partial charge in [0.05, 0.1) is 14.1 Å². The number of quaternary nitrogens is 1. The first-order valence-electron chi connectivity index (χ1n) is 12.2. The van der Waals surface area contributed by atoms with Crippen LogP contribution in [0, 0.1) is 0 Å². The van der Waals surface area contributed by atoms with E-state index in [9.17, 15) is 4.79 Å². The number of unbranched alkanes of at least 4 members (excludes halogenated alkanes) is 7. The summed E-state index contributed by atoms with van der Waals surface area (Å²) in [5, 5.41) is 0. The Bertz CT molecular complexity index is 773. The van der Waals surface area contributed by atoms with E-state index in [0.29, 0.717) is 11.0 Å². The number of hydrogen-bond acceptors (Lipinski definition) is 3.